The maximum atomic E-state index is 12.6. The number of nitrogens with zero attached hydrogens (tertiary/aromatic N) is 4. The lowest BCUT2D eigenvalue weighted by molar-refractivity contribution is 0.0573. The largest absolute Gasteiger partial charge is 0.496 e. The third kappa shape index (κ3) is 3.44. The van der Waals surface area contributed by atoms with Crippen molar-refractivity contribution in [3.8, 4) is 5.75 Å². The molecule has 0 N–H and O–H groups in total. The van der Waals surface area contributed by atoms with E-state index in [4.69, 9.17) is 9.26 Å². The molecule has 1 amide bonds. The topological polar surface area (TPSA) is 81.4 Å². The van der Waals surface area contributed by atoms with Gasteiger partial charge in [0.05, 0.1) is 23.7 Å². The number of hydrogen-bond donors (Lipinski definition) is 0. The first kappa shape index (κ1) is 17.7. The van der Waals surface area contributed by atoms with Gasteiger partial charge in [0, 0.05) is 25.1 Å². The summed E-state index contributed by atoms with van der Waals surface area (Å²) in [6.45, 7) is 4.96. The molecule has 27 heavy (non-hydrogen) atoms. The molecule has 140 valence electrons. The van der Waals surface area contributed by atoms with Crippen molar-refractivity contribution in [3.05, 3.63) is 57.1 Å². The number of thiazole rings is 1. The first-order valence-corrected chi connectivity index (χ1v) is 9.54. The fourth-order valence-corrected chi connectivity index (χ4v) is 4.09. The van der Waals surface area contributed by atoms with Crippen LogP contribution in [0.5, 0.6) is 5.75 Å². The lowest BCUT2D eigenvalue weighted by atomic mass is 10.00. The number of methoxy groups -OCH3 is 1. The van der Waals surface area contributed by atoms with Gasteiger partial charge in [0.15, 0.2) is 5.82 Å². The van der Waals surface area contributed by atoms with E-state index < -0.39 is 0 Å². The Morgan fingerprint density at radius 3 is 2.78 bits per heavy atom. The monoisotopic (exact) mass is 384 g/mol. The third-order valence-electron chi connectivity index (χ3n) is 4.64. The molecule has 7 nitrogen and oxygen atoms in total. The van der Waals surface area contributed by atoms with Crippen LogP contribution in [0.3, 0.4) is 0 Å². The van der Waals surface area contributed by atoms with Crippen LogP contribution in [0.4, 0.5) is 0 Å². The molecule has 0 saturated carbocycles. The molecule has 1 aliphatic rings. The number of benzene rings is 1. The molecule has 0 atom stereocenters. The van der Waals surface area contributed by atoms with E-state index in [1.165, 1.54) is 11.3 Å². The number of hydrogen-bond acceptors (Lipinski definition) is 7. The Labute approximate surface area is 161 Å². The Morgan fingerprint density at radius 2 is 2.07 bits per heavy atom. The maximum Gasteiger partial charge on any atom is 0.265 e. The molecule has 1 fully saturated rings. The van der Waals surface area contributed by atoms with E-state index >= 15 is 0 Å². The summed E-state index contributed by atoms with van der Waals surface area (Å²) in [5, 5.41) is 4.99. The molecule has 0 radical (unpaired) electrons. The Bertz CT molecular complexity index is 975. The van der Waals surface area contributed by atoms with Crippen molar-refractivity contribution in [1.82, 2.24) is 20.0 Å². The Balaban J connectivity index is 1.39. The summed E-state index contributed by atoms with van der Waals surface area (Å²) in [7, 11) is 1.65. The van der Waals surface area contributed by atoms with Gasteiger partial charge < -0.3 is 14.2 Å². The van der Waals surface area contributed by atoms with Gasteiger partial charge in [-0.15, -0.1) is 11.3 Å². The molecule has 2 aromatic heterocycles. The minimum absolute atomic E-state index is 0.0307. The van der Waals surface area contributed by atoms with Crippen molar-refractivity contribution in [2.45, 2.75) is 26.2 Å². The molecule has 0 spiro atoms. The third-order valence-corrected chi connectivity index (χ3v) is 5.70. The van der Waals surface area contributed by atoms with E-state index in [2.05, 4.69) is 15.1 Å². The van der Waals surface area contributed by atoms with Crippen molar-refractivity contribution >= 4 is 17.2 Å². The summed E-state index contributed by atoms with van der Waals surface area (Å²) in [6.07, 6.45) is 0.544. The lowest BCUT2D eigenvalue weighted by Gasteiger charge is -2.36. The molecule has 4 rings (SSSR count). The van der Waals surface area contributed by atoms with Gasteiger partial charge in [-0.05, 0) is 19.9 Å². The maximum absolute atomic E-state index is 12.6. The highest BCUT2D eigenvalue weighted by molar-refractivity contribution is 7.13. The molecule has 8 heteroatoms. The van der Waals surface area contributed by atoms with Crippen molar-refractivity contribution < 1.29 is 14.1 Å². The summed E-state index contributed by atoms with van der Waals surface area (Å²) in [4.78, 5) is 23.9. The zero-order valence-electron chi connectivity index (χ0n) is 15.4. The SMILES string of the molecule is COc1ccccc1Cc1noc(C2CN(C(=O)c3sc(C)nc3C)C2)n1. The molecule has 3 aromatic rings. The quantitative estimate of drug-likeness (QED) is 0.673. The molecule has 1 aliphatic heterocycles. The summed E-state index contributed by atoms with van der Waals surface area (Å²) in [5.74, 6) is 2.12. The zero-order chi connectivity index (χ0) is 19.0. The number of aryl methyl sites for hydroxylation is 2. The van der Waals surface area contributed by atoms with E-state index in [9.17, 15) is 4.79 Å². The first-order valence-electron chi connectivity index (χ1n) is 8.73. The second-order valence-corrected chi connectivity index (χ2v) is 7.80. The number of para-hydroxylation sites is 1. The number of ether oxygens (including phenoxy) is 1. The van der Waals surface area contributed by atoms with E-state index in [-0.39, 0.29) is 11.8 Å². The highest BCUT2D eigenvalue weighted by atomic mass is 32.1. The zero-order valence-corrected chi connectivity index (χ0v) is 16.2. The molecular formula is C19H20N4O3S. The minimum Gasteiger partial charge on any atom is -0.496 e. The molecule has 0 bridgehead atoms. The van der Waals surface area contributed by atoms with Crippen molar-refractivity contribution in [2.75, 3.05) is 20.2 Å². The second kappa shape index (κ2) is 7.11. The number of likely N-dealkylation sites (tertiary alicyclic amines) is 1. The van der Waals surface area contributed by atoms with Gasteiger partial charge in [0.25, 0.3) is 5.91 Å². The van der Waals surface area contributed by atoms with E-state index in [0.717, 1.165) is 22.0 Å². The van der Waals surface area contributed by atoms with Crippen molar-refractivity contribution in [1.29, 1.82) is 0 Å². The van der Waals surface area contributed by atoms with E-state index in [1.54, 1.807) is 12.0 Å². The lowest BCUT2D eigenvalue weighted by Crippen LogP contribution is -2.48. The highest BCUT2D eigenvalue weighted by Crippen LogP contribution is 2.30. The van der Waals surface area contributed by atoms with Gasteiger partial charge in [-0.3, -0.25) is 4.79 Å². The highest BCUT2D eigenvalue weighted by Gasteiger charge is 2.37. The van der Waals surface area contributed by atoms with Gasteiger partial charge in [0.1, 0.15) is 10.6 Å². The predicted molar refractivity (Wildman–Crippen MR) is 100 cm³/mol. The number of carbonyl (C=O) groups is 1. The van der Waals surface area contributed by atoms with Gasteiger partial charge >= 0.3 is 0 Å². The predicted octanol–water partition coefficient (Wildman–Crippen LogP) is 2.98. The van der Waals surface area contributed by atoms with Gasteiger partial charge in [-0.1, -0.05) is 23.4 Å². The van der Waals surface area contributed by atoms with Crippen LogP contribution < -0.4 is 4.74 Å². The number of aromatic nitrogens is 3. The van der Waals surface area contributed by atoms with E-state index in [1.807, 2.05) is 38.1 Å². The van der Waals surface area contributed by atoms with Crippen LogP contribution >= 0.6 is 11.3 Å². The number of rotatable bonds is 5. The van der Waals surface area contributed by atoms with Crippen LogP contribution in [-0.2, 0) is 6.42 Å². The normalized spacial score (nSPS) is 14.3. The van der Waals surface area contributed by atoms with Crippen LogP contribution in [-0.4, -0.2) is 46.1 Å². The van der Waals surface area contributed by atoms with Crippen molar-refractivity contribution in [2.24, 2.45) is 0 Å². The Hall–Kier alpha value is -2.74. The van der Waals surface area contributed by atoms with Crippen LogP contribution in [0.15, 0.2) is 28.8 Å². The minimum atomic E-state index is 0.0307. The van der Waals surface area contributed by atoms with Crippen LogP contribution in [0, 0.1) is 13.8 Å². The van der Waals surface area contributed by atoms with Gasteiger partial charge in [-0.2, -0.15) is 4.98 Å². The number of carbonyl (C=O) groups excluding carboxylic acids is 1. The Kier molecular flexibility index (Phi) is 4.65. The van der Waals surface area contributed by atoms with Gasteiger partial charge in [-0.25, -0.2) is 4.98 Å². The Morgan fingerprint density at radius 1 is 1.30 bits per heavy atom. The summed E-state index contributed by atoms with van der Waals surface area (Å²) < 4.78 is 10.8. The summed E-state index contributed by atoms with van der Waals surface area (Å²) >= 11 is 1.44. The van der Waals surface area contributed by atoms with E-state index in [0.29, 0.717) is 36.1 Å². The molecule has 0 aliphatic carbocycles. The fraction of sp³-hybridized carbons (Fsp3) is 0.368. The summed E-state index contributed by atoms with van der Waals surface area (Å²) in [5.41, 5.74) is 1.80. The van der Waals surface area contributed by atoms with Crippen LogP contribution in [0.2, 0.25) is 0 Å². The molecule has 0 unspecified atom stereocenters. The molecule has 1 saturated heterocycles. The fourth-order valence-electron chi connectivity index (χ4n) is 3.20. The average molecular weight is 384 g/mol. The molecule has 1 aromatic carbocycles. The first-order chi connectivity index (χ1) is 13.0. The average Bonchev–Trinajstić information content (AvgIpc) is 3.20. The van der Waals surface area contributed by atoms with Crippen LogP contribution in [0.1, 0.15) is 43.6 Å². The smallest absolute Gasteiger partial charge is 0.265 e. The van der Waals surface area contributed by atoms with Crippen LogP contribution in [0.25, 0.3) is 0 Å². The standard InChI is InChI=1S/C19H20N4O3S/c1-11-17(27-12(2)20-11)19(24)23-9-14(10-23)18-21-16(22-26-18)8-13-6-4-5-7-15(13)25-3/h4-7,14H,8-10H2,1-3H3. The van der Waals surface area contributed by atoms with Gasteiger partial charge in [0.2, 0.25) is 5.89 Å². The van der Waals surface area contributed by atoms with Crippen molar-refractivity contribution in [3.63, 3.8) is 0 Å². The molecule has 3 heterocycles. The number of amides is 1. The molecular weight excluding hydrogens is 364 g/mol. The second-order valence-electron chi connectivity index (χ2n) is 6.59. The summed E-state index contributed by atoms with van der Waals surface area (Å²) in [6, 6.07) is 7.78.